The van der Waals surface area contributed by atoms with Gasteiger partial charge in [-0.2, -0.15) is 0 Å². The van der Waals surface area contributed by atoms with Crippen LogP contribution < -0.4 is 9.80 Å². The zero-order valence-corrected chi connectivity index (χ0v) is 24.1. The number of anilines is 2. The second-order valence-electron chi connectivity index (χ2n) is 11.0. The van der Waals surface area contributed by atoms with Gasteiger partial charge in [-0.1, -0.05) is 30.7 Å². The first-order valence-corrected chi connectivity index (χ1v) is 16.4. The Morgan fingerprint density at radius 1 is 1.23 bits per heavy atom. The highest BCUT2D eigenvalue weighted by Crippen LogP contribution is 2.60. The maximum absolute atomic E-state index is 15.6. The molecule has 1 N–H and O–H groups in total. The summed E-state index contributed by atoms with van der Waals surface area (Å²) >= 11 is 6.38. The van der Waals surface area contributed by atoms with Crippen molar-refractivity contribution in [3.63, 3.8) is 0 Å². The van der Waals surface area contributed by atoms with E-state index in [0.717, 1.165) is 5.56 Å². The van der Waals surface area contributed by atoms with Gasteiger partial charge in [0.15, 0.2) is 11.8 Å². The van der Waals surface area contributed by atoms with E-state index in [9.17, 15) is 19.5 Å². The summed E-state index contributed by atoms with van der Waals surface area (Å²) in [6.07, 6.45) is -0.835. The molecule has 3 aliphatic rings. The van der Waals surface area contributed by atoms with Crippen molar-refractivity contribution in [2.75, 3.05) is 16.4 Å². The lowest BCUT2D eigenvalue weighted by Gasteiger charge is -2.39. The molecular formula is C28H32ClFN2O6Si. The van der Waals surface area contributed by atoms with Crippen molar-refractivity contribution in [1.82, 2.24) is 0 Å². The first-order chi connectivity index (χ1) is 18.4. The number of benzene rings is 2. The summed E-state index contributed by atoms with van der Waals surface area (Å²) in [5, 5.41) is 10.1. The molecule has 3 heterocycles. The van der Waals surface area contributed by atoms with Crippen molar-refractivity contribution in [3.05, 3.63) is 58.6 Å². The van der Waals surface area contributed by atoms with E-state index >= 15 is 4.11 Å². The van der Waals surface area contributed by atoms with Crippen molar-refractivity contribution < 1.29 is 33.1 Å². The van der Waals surface area contributed by atoms with Crippen LogP contribution in [0.3, 0.4) is 0 Å². The fourth-order valence-corrected chi connectivity index (χ4v) is 9.22. The highest BCUT2D eigenvalue weighted by atomic mass is 35.5. The summed E-state index contributed by atoms with van der Waals surface area (Å²) in [7, 11) is -3.28. The van der Waals surface area contributed by atoms with Gasteiger partial charge in [0, 0.05) is 41.3 Å². The maximum atomic E-state index is 15.6. The van der Waals surface area contributed by atoms with E-state index < -0.39 is 43.8 Å². The quantitative estimate of drug-likeness (QED) is 0.223. The van der Waals surface area contributed by atoms with Crippen molar-refractivity contribution >= 4 is 49.2 Å². The molecule has 3 aliphatic heterocycles. The Morgan fingerprint density at radius 3 is 2.51 bits per heavy atom. The minimum Gasteiger partial charge on any atom is -0.441 e. The molecule has 2 aromatic carbocycles. The number of β-lactam (4-membered cyclic amide) rings is 1. The minimum absolute atomic E-state index is 0.139. The number of carbonyl (C=O) groups is 3. The smallest absolute Gasteiger partial charge is 0.304 e. The zero-order valence-electron chi connectivity index (χ0n) is 22.3. The second-order valence-corrected chi connectivity index (χ2v) is 15.3. The number of carbonyl (C=O) groups excluding carboxylic acids is 3. The minimum atomic E-state index is -3.28. The molecule has 0 radical (unpaired) electrons. The van der Waals surface area contributed by atoms with E-state index in [0.29, 0.717) is 22.0 Å². The van der Waals surface area contributed by atoms with Crippen molar-refractivity contribution in [3.8, 4) is 0 Å². The lowest BCUT2D eigenvalue weighted by atomic mass is 9.82. The van der Waals surface area contributed by atoms with E-state index in [-0.39, 0.29) is 37.8 Å². The predicted octanol–water partition coefficient (Wildman–Crippen LogP) is 4.67. The highest BCUT2D eigenvalue weighted by molar-refractivity contribution is 6.72. The Bertz CT molecular complexity index is 1320. The van der Waals surface area contributed by atoms with E-state index in [4.69, 9.17) is 21.1 Å². The fourth-order valence-electron chi connectivity index (χ4n) is 6.50. The normalized spacial score (nSPS) is 28.2. The number of hydrogen-bond acceptors (Lipinski definition) is 6. The molecule has 0 bridgehead atoms. The number of rotatable bonds is 7. The largest absolute Gasteiger partial charge is 0.441 e. The van der Waals surface area contributed by atoms with Crippen LogP contribution in [-0.4, -0.2) is 50.2 Å². The topological polar surface area (TPSA) is 96.4 Å². The molecule has 11 heteroatoms. The Labute approximate surface area is 232 Å². The number of halogens is 2. The molecule has 1 unspecified atom stereocenters. The van der Waals surface area contributed by atoms with Crippen molar-refractivity contribution in [2.24, 2.45) is 5.92 Å². The van der Waals surface area contributed by atoms with Crippen LogP contribution in [-0.2, 0) is 36.0 Å². The number of fused-ring (bicyclic) bond motifs is 2. The Kier molecular flexibility index (Phi) is 7.11. The second kappa shape index (κ2) is 9.99. The molecule has 5 atom stereocenters. The van der Waals surface area contributed by atoms with Gasteiger partial charge >= 0.3 is 5.97 Å². The first kappa shape index (κ1) is 27.8. The highest BCUT2D eigenvalue weighted by Gasteiger charge is 2.66. The number of amides is 2. The van der Waals surface area contributed by atoms with Crippen LogP contribution >= 0.6 is 11.6 Å². The van der Waals surface area contributed by atoms with E-state index in [1.165, 1.54) is 11.8 Å². The molecule has 2 fully saturated rings. The summed E-state index contributed by atoms with van der Waals surface area (Å²) in [4.78, 5) is 40.8. The molecule has 1 spiro atoms. The molecule has 0 saturated carbocycles. The summed E-state index contributed by atoms with van der Waals surface area (Å²) in [6.45, 7) is 6.45. The lowest BCUT2D eigenvalue weighted by molar-refractivity contribution is -0.154. The van der Waals surface area contributed by atoms with Crippen LogP contribution in [0.2, 0.25) is 23.7 Å². The van der Waals surface area contributed by atoms with Crippen LogP contribution in [0.5, 0.6) is 0 Å². The summed E-state index contributed by atoms with van der Waals surface area (Å²) < 4.78 is 27.3. The third kappa shape index (κ3) is 4.57. The van der Waals surface area contributed by atoms with Crippen LogP contribution in [0.15, 0.2) is 42.5 Å². The van der Waals surface area contributed by atoms with E-state index in [1.807, 2.05) is 19.1 Å². The van der Waals surface area contributed by atoms with E-state index in [1.54, 1.807) is 48.3 Å². The summed E-state index contributed by atoms with van der Waals surface area (Å²) in [5.41, 5.74) is 0.770. The van der Waals surface area contributed by atoms with Gasteiger partial charge in [-0.15, -0.1) is 0 Å². The number of nitrogens with zero attached hydrogens (tertiary/aromatic N) is 2. The molecule has 8 nitrogen and oxygen atoms in total. The maximum Gasteiger partial charge on any atom is 0.304 e. The standard InChI is InChI=1S/C28H32ClFN2O6Si/c1-16-26(39(3,4)30)23(11-12-33)38-28(16)21-13-19(29)7-10-22(21)31(27(28)36)15-18-5-8-20(9-6-18)32-24(35)14-25(32)37-17(2)34/h5-10,13,16,23,25-26,33H,11-12,14-15H2,1-4H3/t16-,23+,25?,26-,28+/m1/s1. The van der Waals surface area contributed by atoms with Gasteiger partial charge < -0.3 is 23.6 Å². The third-order valence-electron chi connectivity index (χ3n) is 8.10. The van der Waals surface area contributed by atoms with Crippen molar-refractivity contribution in [1.29, 1.82) is 0 Å². The van der Waals surface area contributed by atoms with Gasteiger partial charge in [-0.05, 0) is 55.4 Å². The molecule has 39 heavy (non-hydrogen) atoms. The SMILES string of the molecule is CC(=O)OC1CC(=O)N1c1ccc(CN2C(=O)[C@@]3(O[C@@H](CCO)[C@H]([Si](C)(C)F)[C@H]3C)c3cc(Cl)ccc32)cc1. The third-order valence-corrected chi connectivity index (χ3v) is 10.8. The Hall–Kier alpha value is -2.79. The van der Waals surface area contributed by atoms with Crippen molar-refractivity contribution in [2.45, 2.75) is 69.8 Å². The van der Waals surface area contributed by atoms with Crippen LogP contribution in [0.1, 0.15) is 37.8 Å². The molecular weight excluding hydrogens is 543 g/mol. The van der Waals surface area contributed by atoms with Crippen LogP contribution in [0.25, 0.3) is 0 Å². The Morgan fingerprint density at radius 2 is 1.92 bits per heavy atom. The summed E-state index contributed by atoms with van der Waals surface area (Å²) in [5.74, 6) is -1.35. The molecule has 0 aromatic heterocycles. The van der Waals surface area contributed by atoms with Gasteiger partial charge in [-0.3, -0.25) is 19.3 Å². The molecule has 5 rings (SSSR count). The molecule has 2 aromatic rings. The monoisotopic (exact) mass is 574 g/mol. The average molecular weight is 575 g/mol. The first-order valence-electron chi connectivity index (χ1n) is 13.1. The fraction of sp³-hybridized carbons (Fsp3) is 0.464. The molecule has 0 aliphatic carbocycles. The van der Waals surface area contributed by atoms with Crippen LogP contribution in [0, 0.1) is 5.92 Å². The number of hydrogen-bond donors (Lipinski definition) is 1. The lowest BCUT2D eigenvalue weighted by Crippen LogP contribution is -2.54. The van der Waals surface area contributed by atoms with Gasteiger partial charge in [0.05, 0.1) is 24.8 Å². The van der Waals surface area contributed by atoms with Gasteiger partial charge in [0.1, 0.15) is 0 Å². The van der Waals surface area contributed by atoms with Gasteiger partial charge in [0.2, 0.25) is 14.3 Å². The number of ether oxygens (including phenoxy) is 2. The predicted molar refractivity (Wildman–Crippen MR) is 146 cm³/mol. The van der Waals surface area contributed by atoms with Gasteiger partial charge in [-0.25, -0.2) is 0 Å². The molecule has 2 saturated heterocycles. The number of aliphatic hydroxyl groups excluding tert-OH is 1. The average Bonchev–Trinajstić information content (AvgIpc) is 3.26. The Balaban J connectivity index is 1.46. The number of esters is 1. The molecule has 208 valence electrons. The molecule has 2 amide bonds. The van der Waals surface area contributed by atoms with Gasteiger partial charge in [0.25, 0.3) is 5.91 Å². The number of aliphatic hydroxyl groups is 1. The zero-order chi connectivity index (χ0) is 28.3. The van der Waals surface area contributed by atoms with Crippen LogP contribution in [0.4, 0.5) is 15.5 Å². The van der Waals surface area contributed by atoms with E-state index in [2.05, 4.69) is 0 Å². The summed E-state index contributed by atoms with van der Waals surface area (Å²) in [6, 6.07) is 12.3.